The fourth-order valence-electron chi connectivity index (χ4n) is 2.38. The maximum atomic E-state index is 4.32. The molecule has 0 spiro atoms. The van der Waals surface area contributed by atoms with Crippen molar-refractivity contribution in [3.8, 4) is 0 Å². The molecule has 134 valence electrons. The average molecular weight is 452 g/mol. The number of likely N-dealkylation sites (N-methyl/N-ethyl adjacent to an activating group) is 1. The number of nitrogens with zero attached hydrogens (tertiary/aromatic N) is 2. The summed E-state index contributed by atoms with van der Waals surface area (Å²) in [4.78, 5) is 8.16. The van der Waals surface area contributed by atoms with Crippen molar-refractivity contribution in [3.05, 3.63) is 22.4 Å². The quantitative estimate of drug-likeness (QED) is 0.360. The highest BCUT2D eigenvalue weighted by molar-refractivity contribution is 14.0. The lowest BCUT2D eigenvalue weighted by molar-refractivity contribution is 0.237. The van der Waals surface area contributed by atoms with Crippen LogP contribution < -0.4 is 10.6 Å². The Morgan fingerprint density at radius 2 is 2.04 bits per heavy atom. The second-order valence-corrected chi connectivity index (χ2v) is 7.38. The minimum Gasteiger partial charge on any atom is -0.356 e. The van der Waals surface area contributed by atoms with Crippen molar-refractivity contribution in [1.82, 2.24) is 15.5 Å². The molecular weight excluding hydrogens is 419 g/mol. The Kier molecular flexibility index (Phi) is 11.1. The summed E-state index contributed by atoms with van der Waals surface area (Å²) in [5.41, 5.74) is 0.110. The second kappa shape index (κ2) is 11.3. The van der Waals surface area contributed by atoms with E-state index in [1.807, 2.05) is 18.4 Å². The molecule has 1 aromatic rings. The van der Waals surface area contributed by atoms with E-state index in [2.05, 4.69) is 72.7 Å². The van der Waals surface area contributed by atoms with E-state index < -0.39 is 0 Å². The average Bonchev–Trinajstić information content (AvgIpc) is 3.01. The fraction of sp³-hybridized carbons (Fsp3) is 0.706. The van der Waals surface area contributed by atoms with E-state index in [1.54, 1.807) is 0 Å². The Hall–Kier alpha value is -0.340. The molecule has 0 unspecified atom stereocenters. The fourth-order valence-corrected chi connectivity index (χ4v) is 3.23. The van der Waals surface area contributed by atoms with Gasteiger partial charge >= 0.3 is 0 Å². The summed E-state index contributed by atoms with van der Waals surface area (Å²) in [6, 6.07) is 4.89. The molecule has 2 N–H and O–H groups in total. The molecule has 0 radical (unpaired) electrons. The lowest BCUT2D eigenvalue weighted by Crippen LogP contribution is -2.46. The Balaban J connectivity index is 0.00000484. The number of aliphatic imine (C=N–C) groups is 1. The van der Waals surface area contributed by atoms with Crippen LogP contribution in [0.15, 0.2) is 22.5 Å². The molecule has 0 aliphatic carbocycles. The van der Waals surface area contributed by atoms with Crippen molar-refractivity contribution in [3.63, 3.8) is 0 Å². The zero-order chi connectivity index (χ0) is 16.6. The van der Waals surface area contributed by atoms with Crippen molar-refractivity contribution < 1.29 is 0 Å². The van der Waals surface area contributed by atoms with Gasteiger partial charge in [-0.05, 0) is 31.8 Å². The second-order valence-electron chi connectivity index (χ2n) is 6.44. The number of hydrogen-bond donors (Lipinski definition) is 2. The van der Waals surface area contributed by atoms with Crippen LogP contribution in [0.25, 0.3) is 0 Å². The van der Waals surface area contributed by atoms with Crippen LogP contribution in [0.4, 0.5) is 0 Å². The molecule has 0 fully saturated rings. The monoisotopic (exact) mass is 452 g/mol. The molecule has 0 amide bonds. The van der Waals surface area contributed by atoms with Gasteiger partial charge in [-0.1, -0.05) is 26.8 Å². The van der Waals surface area contributed by atoms with Crippen LogP contribution in [0.3, 0.4) is 0 Å². The van der Waals surface area contributed by atoms with Crippen molar-refractivity contribution in [2.45, 2.75) is 46.1 Å². The third kappa shape index (κ3) is 7.85. The summed E-state index contributed by atoms with van der Waals surface area (Å²) in [5.74, 6) is 0.879. The predicted molar refractivity (Wildman–Crippen MR) is 115 cm³/mol. The summed E-state index contributed by atoms with van der Waals surface area (Å²) in [6.07, 6.45) is 0. The summed E-state index contributed by atoms with van der Waals surface area (Å²) in [7, 11) is 1.83. The highest BCUT2D eigenvalue weighted by Crippen LogP contribution is 2.26. The standard InChI is InChI=1S/C17H32N4S.HI/c1-7-21(14(2)3)11-10-19-16(18-6)20-13-17(4,5)15-9-8-12-22-15;/h8-9,12,14H,7,10-11,13H2,1-6H3,(H2,18,19,20);1H. The van der Waals surface area contributed by atoms with E-state index in [0.29, 0.717) is 6.04 Å². The predicted octanol–water partition coefficient (Wildman–Crippen LogP) is 3.54. The van der Waals surface area contributed by atoms with Crippen LogP contribution in [-0.2, 0) is 5.41 Å². The zero-order valence-corrected chi connectivity index (χ0v) is 18.5. The van der Waals surface area contributed by atoms with Crippen LogP contribution in [0, 0.1) is 0 Å². The number of guanidine groups is 1. The van der Waals surface area contributed by atoms with Gasteiger partial charge < -0.3 is 10.6 Å². The summed E-state index contributed by atoms with van der Waals surface area (Å²) < 4.78 is 0. The number of halogens is 1. The number of thiophene rings is 1. The lowest BCUT2D eigenvalue weighted by atomic mass is 9.91. The largest absolute Gasteiger partial charge is 0.356 e. The Morgan fingerprint density at radius 3 is 2.52 bits per heavy atom. The Bertz CT molecular complexity index is 443. The van der Waals surface area contributed by atoms with Gasteiger partial charge in [-0.25, -0.2) is 0 Å². The van der Waals surface area contributed by atoms with Gasteiger partial charge in [0.05, 0.1) is 0 Å². The molecular formula is C17H33IN4S. The van der Waals surface area contributed by atoms with Gasteiger partial charge in [-0.3, -0.25) is 9.89 Å². The molecule has 0 aliphatic rings. The SMILES string of the molecule is CCN(CCNC(=NC)NCC(C)(C)c1cccs1)C(C)C.I. The van der Waals surface area contributed by atoms with Crippen LogP contribution in [-0.4, -0.2) is 50.1 Å². The van der Waals surface area contributed by atoms with Gasteiger partial charge in [0.2, 0.25) is 0 Å². The Labute approximate surface area is 163 Å². The third-order valence-electron chi connectivity index (χ3n) is 3.94. The van der Waals surface area contributed by atoms with Gasteiger partial charge in [-0.2, -0.15) is 0 Å². The molecule has 1 heterocycles. The number of hydrogen-bond acceptors (Lipinski definition) is 3. The van der Waals surface area contributed by atoms with Crippen molar-refractivity contribution in [1.29, 1.82) is 0 Å². The molecule has 0 aromatic carbocycles. The van der Waals surface area contributed by atoms with E-state index in [0.717, 1.165) is 32.1 Å². The first-order valence-corrected chi connectivity index (χ1v) is 9.01. The molecule has 0 aliphatic heterocycles. The molecule has 23 heavy (non-hydrogen) atoms. The zero-order valence-electron chi connectivity index (χ0n) is 15.3. The minimum absolute atomic E-state index is 0. The van der Waals surface area contributed by atoms with Crippen LogP contribution in [0.1, 0.15) is 39.5 Å². The van der Waals surface area contributed by atoms with E-state index in [9.17, 15) is 0 Å². The maximum Gasteiger partial charge on any atom is 0.191 e. The molecule has 0 atom stereocenters. The summed E-state index contributed by atoms with van der Waals surface area (Å²) in [5, 5.41) is 8.99. The first-order chi connectivity index (χ1) is 10.4. The molecule has 1 aromatic heterocycles. The molecule has 0 saturated heterocycles. The highest BCUT2D eigenvalue weighted by Gasteiger charge is 2.21. The van der Waals surface area contributed by atoms with Crippen molar-refractivity contribution in [2.75, 3.05) is 33.2 Å². The van der Waals surface area contributed by atoms with Gasteiger partial charge in [0.15, 0.2) is 5.96 Å². The van der Waals surface area contributed by atoms with Gasteiger partial charge in [-0.15, -0.1) is 35.3 Å². The topological polar surface area (TPSA) is 39.7 Å². The van der Waals surface area contributed by atoms with E-state index in [4.69, 9.17) is 0 Å². The van der Waals surface area contributed by atoms with E-state index >= 15 is 0 Å². The van der Waals surface area contributed by atoms with Crippen molar-refractivity contribution in [2.24, 2.45) is 4.99 Å². The summed E-state index contributed by atoms with van der Waals surface area (Å²) in [6.45, 7) is 15.1. The third-order valence-corrected chi connectivity index (χ3v) is 5.17. The first-order valence-electron chi connectivity index (χ1n) is 8.13. The van der Waals surface area contributed by atoms with E-state index in [-0.39, 0.29) is 29.4 Å². The van der Waals surface area contributed by atoms with E-state index in [1.165, 1.54) is 4.88 Å². The highest BCUT2D eigenvalue weighted by atomic mass is 127. The van der Waals surface area contributed by atoms with Crippen molar-refractivity contribution >= 4 is 41.3 Å². The van der Waals surface area contributed by atoms with Crippen LogP contribution >= 0.6 is 35.3 Å². The lowest BCUT2D eigenvalue weighted by Gasteiger charge is -2.27. The minimum atomic E-state index is 0. The van der Waals surface area contributed by atoms with Gasteiger partial charge in [0.25, 0.3) is 0 Å². The first kappa shape index (κ1) is 22.7. The maximum absolute atomic E-state index is 4.32. The normalized spacial score (nSPS) is 12.4. The number of rotatable bonds is 8. The Morgan fingerprint density at radius 1 is 1.35 bits per heavy atom. The molecule has 6 heteroatoms. The molecule has 1 rings (SSSR count). The molecule has 0 bridgehead atoms. The van der Waals surface area contributed by atoms with Gasteiger partial charge in [0.1, 0.15) is 0 Å². The van der Waals surface area contributed by atoms with Gasteiger partial charge in [0, 0.05) is 43.0 Å². The van der Waals surface area contributed by atoms with Crippen LogP contribution in [0.2, 0.25) is 0 Å². The number of nitrogens with one attached hydrogen (secondary N) is 2. The molecule has 4 nitrogen and oxygen atoms in total. The van der Waals surface area contributed by atoms with Crippen LogP contribution in [0.5, 0.6) is 0 Å². The summed E-state index contributed by atoms with van der Waals surface area (Å²) >= 11 is 1.81. The molecule has 0 saturated carbocycles. The smallest absolute Gasteiger partial charge is 0.191 e.